The zero-order valence-corrected chi connectivity index (χ0v) is 14.3. The van der Waals surface area contributed by atoms with Gasteiger partial charge in [0.25, 0.3) is 0 Å². The minimum absolute atomic E-state index is 0.0595. The van der Waals surface area contributed by atoms with E-state index in [1.165, 1.54) is 11.8 Å². The number of aromatic nitrogens is 2. The Balaban J connectivity index is 2.39. The summed E-state index contributed by atoms with van der Waals surface area (Å²) in [6.45, 7) is 6.28. The molecule has 0 saturated carbocycles. The lowest BCUT2D eigenvalue weighted by molar-refractivity contribution is 0.0697. The number of nitrogens with one attached hydrogen (secondary N) is 1. The summed E-state index contributed by atoms with van der Waals surface area (Å²) in [4.78, 5) is 12.4. The molecule has 2 N–H and O–H groups in total. The van der Waals surface area contributed by atoms with Gasteiger partial charge in [-0.25, -0.2) is 4.79 Å². The molecule has 1 aromatic heterocycles. The van der Waals surface area contributed by atoms with Crippen LogP contribution in [0.5, 0.6) is 0 Å². The van der Waals surface area contributed by atoms with Gasteiger partial charge >= 0.3 is 5.97 Å². The number of carbonyl (C=O) groups is 1. The van der Waals surface area contributed by atoms with Gasteiger partial charge in [-0.05, 0) is 24.5 Å². The second-order valence-electron chi connectivity index (χ2n) is 6.13. The van der Waals surface area contributed by atoms with E-state index in [0.29, 0.717) is 5.69 Å². The number of carboxylic acid groups (broad SMARTS) is 1. The van der Waals surface area contributed by atoms with Crippen molar-refractivity contribution in [1.82, 2.24) is 9.78 Å². The zero-order chi connectivity index (χ0) is 16.5. The van der Waals surface area contributed by atoms with Crippen LogP contribution < -0.4 is 5.32 Å². The van der Waals surface area contributed by atoms with Crippen molar-refractivity contribution >= 4 is 29.2 Å². The second kappa shape index (κ2) is 6.04. The van der Waals surface area contributed by atoms with Gasteiger partial charge in [0.2, 0.25) is 0 Å². The van der Waals surface area contributed by atoms with Crippen LogP contribution >= 0.6 is 11.8 Å². The molecule has 0 amide bonds. The Kier molecular flexibility index (Phi) is 4.51. The van der Waals surface area contributed by atoms with Crippen molar-refractivity contribution in [2.75, 3.05) is 11.6 Å². The van der Waals surface area contributed by atoms with Crippen LogP contribution in [0.4, 0.5) is 11.5 Å². The predicted molar refractivity (Wildman–Crippen MR) is 90.4 cm³/mol. The third-order valence-electron chi connectivity index (χ3n) is 3.37. The van der Waals surface area contributed by atoms with Crippen molar-refractivity contribution in [2.45, 2.75) is 31.1 Å². The third-order valence-corrected chi connectivity index (χ3v) is 4.09. The van der Waals surface area contributed by atoms with Crippen LogP contribution in [0.2, 0.25) is 0 Å². The Hall–Kier alpha value is -1.95. The largest absolute Gasteiger partial charge is 0.478 e. The van der Waals surface area contributed by atoms with Crippen molar-refractivity contribution in [1.29, 1.82) is 0 Å². The lowest BCUT2D eigenvalue weighted by Gasteiger charge is -2.13. The van der Waals surface area contributed by atoms with Crippen LogP contribution in [-0.4, -0.2) is 27.1 Å². The van der Waals surface area contributed by atoms with Crippen LogP contribution in [0.3, 0.4) is 0 Å². The standard InChI is InChI=1S/C16H21N3O2S/c1-16(2,3)13-9-14(19(4)18-13)17-12-7-6-10(22-5)8-11(12)15(20)21/h6-9,17H,1-5H3,(H,20,21). The van der Waals surface area contributed by atoms with Crippen LogP contribution in [0, 0.1) is 0 Å². The fourth-order valence-electron chi connectivity index (χ4n) is 2.03. The van der Waals surface area contributed by atoms with Crippen molar-refractivity contribution < 1.29 is 9.90 Å². The maximum atomic E-state index is 11.5. The molecule has 0 unspecified atom stereocenters. The van der Waals surface area contributed by atoms with E-state index in [2.05, 4.69) is 31.2 Å². The summed E-state index contributed by atoms with van der Waals surface area (Å²) in [5.41, 5.74) is 1.71. The first-order chi connectivity index (χ1) is 10.2. The molecule has 0 aliphatic rings. The highest BCUT2D eigenvalue weighted by Crippen LogP contribution is 2.28. The Morgan fingerprint density at radius 2 is 2.00 bits per heavy atom. The summed E-state index contributed by atoms with van der Waals surface area (Å²) in [7, 11) is 1.84. The first-order valence-electron chi connectivity index (χ1n) is 6.95. The minimum atomic E-state index is -0.948. The first kappa shape index (κ1) is 16.4. The Morgan fingerprint density at radius 3 is 2.50 bits per heavy atom. The molecule has 118 valence electrons. The summed E-state index contributed by atoms with van der Waals surface area (Å²) < 4.78 is 1.73. The van der Waals surface area contributed by atoms with E-state index >= 15 is 0 Å². The SMILES string of the molecule is CSc1ccc(Nc2cc(C(C)(C)C)nn2C)c(C(=O)O)c1. The molecule has 1 heterocycles. The molecule has 22 heavy (non-hydrogen) atoms. The molecular weight excluding hydrogens is 298 g/mol. The van der Waals surface area contributed by atoms with E-state index in [1.807, 2.05) is 25.4 Å². The smallest absolute Gasteiger partial charge is 0.337 e. The highest BCUT2D eigenvalue weighted by atomic mass is 32.2. The number of rotatable bonds is 4. The lowest BCUT2D eigenvalue weighted by atomic mass is 9.92. The van der Waals surface area contributed by atoms with Gasteiger partial charge in [-0.1, -0.05) is 20.8 Å². The molecule has 5 nitrogen and oxygen atoms in total. The molecule has 2 aromatic rings. The van der Waals surface area contributed by atoms with Gasteiger partial charge in [0, 0.05) is 23.4 Å². The van der Waals surface area contributed by atoms with E-state index in [0.717, 1.165) is 16.4 Å². The highest BCUT2D eigenvalue weighted by Gasteiger charge is 2.20. The molecule has 0 spiro atoms. The van der Waals surface area contributed by atoms with Crippen molar-refractivity contribution in [2.24, 2.45) is 7.05 Å². The molecule has 0 aliphatic heterocycles. The number of nitrogens with zero attached hydrogens (tertiary/aromatic N) is 2. The third kappa shape index (κ3) is 3.44. The number of aryl methyl sites for hydroxylation is 1. The zero-order valence-electron chi connectivity index (χ0n) is 13.5. The van der Waals surface area contributed by atoms with E-state index in [-0.39, 0.29) is 11.0 Å². The average molecular weight is 319 g/mol. The summed E-state index contributed by atoms with van der Waals surface area (Å²) in [6.07, 6.45) is 1.92. The molecule has 2 rings (SSSR count). The molecule has 1 aromatic carbocycles. The van der Waals surface area contributed by atoms with Gasteiger partial charge in [-0.15, -0.1) is 11.8 Å². The quantitative estimate of drug-likeness (QED) is 0.837. The van der Waals surface area contributed by atoms with Crippen LogP contribution in [-0.2, 0) is 12.5 Å². The van der Waals surface area contributed by atoms with E-state index < -0.39 is 5.97 Å². The molecular formula is C16H21N3O2S. The fraction of sp³-hybridized carbons (Fsp3) is 0.375. The van der Waals surface area contributed by atoms with Gasteiger partial charge in [0.1, 0.15) is 5.82 Å². The molecule has 0 atom stereocenters. The van der Waals surface area contributed by atoms with Crippen LogP contribution in [0.1, 0.15) is 36.8 Å². The monoisotopic (exact) mass is 319 g/mol. The van der Waals surface area contributed by atoms with E-state index in [9.17, 15) is 9.90 Å². The molecule has 6 heteroatoms. The van der Waals surface area contributed by atoms with E-state index in [1.54, 1.807) is 16.8 Å². The number of thioether (sulfide) groups is 1. The number of carboxylic acids is 1. The van der Waals surface area contributed by atoms with Gasteiger partial charge in [0.05, 0.1) is 16.9 Å². The van der Waals surface area contributed by atoms with Gasteiger partial charge in [-0.2, -0.15) is 5.10 Å². The molecule has 0 saturated heterocycles. The molecule has 0 bridgehead atoms. The Bertz CT molecular complexity index is 702. The number of aromatic carboxylic acids is 1. The summed E-state index contributed by atoms with van der Waals surface area (Å²) in [5.74, 6) is -0.180. The number of hydrogen-bond acceptors (Lipinski definition) is 4. The number of benzene rings is 1. The van der Waals surface area contributed by atoms with Gasteiger partial charge in [0.15, 0.2) is 0 Å². The highest BCUT2D eigenvalue weighted by molar-refractivity contribution is 7.98. The van der Waals surface area contributed by atoms with Crippen molar-refractivity contribution in [3.05, 3.63) is 35.5 Å². The van der Waals surface area contributed by atoms with Crippen LogP contribution in [0.25, 0.3) is 0 Å². The predicted octanol–water partition coefficient (Wildman–Crippen LogP) is 3.88. The molecule has 0 aliphatic carbocycles. The lowest BCUT2D eigenvalue weighted by Crippen LogP contribution is -2.12. The maximum absolute atomic E-state index is 11.5. The first-order valence-corrected chi connectivity index (χ1v) is 8.17. The van der Waals surface area contributed by atoms with Crippen molar-refractivity contribution in [3.63, 3.8) is 0 Å². The fourth-order valence-corrected chi connectivity index (χ4v) is 2.46. The van der Waals surface area contributed by atoms with Crippen LogP contribution in [0.15, 0.2) is 29.2 Å². The summed E-state index contributed by atoms with van der Waals surface area (Å²) in [5, 5.41) is 17.1. The minimum Gasteiger partial charge on any atom is -0.478 e. The van der Waals surface area contributed by atoms with E-state index in [4.69, 9.17) is 0 Å². The number of anilines is 2. The average Bonchev–Trinajstić information content (AvgIpc) is 2.80. The normalized spacial score (nSPS) is 11.5. The maximum Gasteiger partial charge on any atom is 0.337 e. The van der Waals surface area contributed by atoms with Crippen molar-refractivity contribution in [3.8, 4) is 0 Å². The molecule has 0 radical (unpaired) electrons. The Morgan fingerprint density at radius 1 is 1.32 bits per heavy atom. The Labute approximate surface area is 134 Å². The second-order valence-corrected chi connectivity index (χ2v) is 7.01. The van der Waals surface area contributed by atoms with Gasteiger partial charge < -0.3 is 10.4 Å². The summed E-state index contributed by atoms with van der Waals surface area (Å²) >= 11 is 1.52. The number of hydrogen-bond donors (Lipinski definition) is 2. The topological polar surface area (TPSA) is 67.2 Å². The summed E-state index contributed by atoms with van der Waals surface area (Å²) in [6, 6.07) is 7.32. The molecule has 0 fully saturated rings. The van der Waals surface area contributed by atoms with Gasteiger partial charge in [-0.3, -0.25) is 4.68 Å².